The smallest absolute Gasteiger partial charge is 0.399 e. The van der Waals surface area contributed by atoms with E-state index in [1.54, 1.807) is 18.5 Å². The van der Waals surface area contributed by atoms with Gasteiger partial charge in [0.05, 0.1) is 5.56 Å². The van der Waals surface area contributed by atoms with Crippen LogP contribution in [0.4, 0.5) is 18.9 Å². The number of alkyl halides is 3. The van der Waals surface area contributed by atoms with Gasteiger partial charge in [0.15, 0.2) is 5.16 Å². The van der Waals surface area contributed by atoms with Gasteiger partial charge in [-0.1, -0.05) is 0 Å². The molecular formula is C11H11F3N4S. The maximum Gasteiger partial charge on any atom is 0.417 e. The molecule has 1 heterocycles. The Morgan fingerprint density at radius 2 is 1.95 bits per heavy atom. The summed E-state index contributed by atoms with van der Waals surface area (Å²) in [6.45, 7) is 1.73. The highest BCUT2D eigenvalue weighted by atomic mass is 32.2. The minimum absolute atomic E-state index is 0.0530. The topological polar surface area (TPSA) is 56.7 Å². The summed E-state index contributed by atoms with van der Waals surface area (Å²) >= 11 is 0.911. The second-order valence-corrected chi connectivity index (χ2v) is 4.95. The molecule has 4 nitrogen and oxygen atoms in total. The number of hydrogen-bond acceptors (Lipinski definition) is 4. The highest BCUT2D eigenvalue weighted by Crippen LogP contribution is 2.39. The Kier molecular flexibility index (Phi) is 3.44. The van der Waals surface area contributed by atoms with Crippen LogP contribution >= 0.6 is 11.8 Å². The second kappa shape index (κ2) is 4.76. The van der Waals surface area contributed by atoms with Gasteiger partial charge in [-0.25, -0.2) is 0 Å². The number of benzene rings is 1. The first kappa shape index (κ1) is 13.7. The van der Waals surface area contributed by atoms with Gasteiger partial charge in [-0.15, -0.1) is 10.2 Å². The van der Waals surface area contributed by atoms with E-state index in [4.69, 9.17) is 5.73 Å². The van der Waals surface area contributed by atoms with E-state index in [1.807, 2.05) is 0 Å². The van der Waals surface area contributed by atoms with Gasteiger partial charge in [-0.05, 0) is 36.9 Å². The van der Waals surface area contributed by atoms with Crippen molar-refractivity contribution in [2.75, 3.05) is 5.73 Å². The molecule has 2 rings (SSSR count). The summed E-state index contributed by atoms with van der Waals surface area (Å²) in [6.07, 6.45) is -4.45. The van der Waals surface area contributed by atoms with E-state index < -0.39 is 11.7 Å². The molecule has 0 spiro atoms. The van der Waals surface area contributed by atoms with Crippen molar-refractivity contribution in [2.24, 2.45) is 7.05 Å². The fourth-order valence-corrected chi connectivity index (χ4v) is 2.40. The maximum atomic E-state index is 12.9. The van der Waals surface area contributed by atoms with Gasteiger partial charge in [-0.3, -0.25) is 0 Å². The molecule has 0 radical (unpaired) electrons. The zero-order valence-corrected chi connectivity index (χ0v) is 11.0. The monoisotopic (exact) mass is 288 g/mol. The van der Waals surface area contributed by atoms with E-state index in [1.165, 1.54) is 12.1 Å². The number of aromatic nitrogens is 3. The Labute approximate surface area is 111 Å². The van der Waals surface area contributed by atoms with Gasteiger partial charge in [0.25, 0.3) is 0 Å². The van der Waals surface area contributed by atoms with Crippen LogP contribution in [0.5, 0.6) is 0 Å². The van der Waals surface area contributed by atoms with Crippen LogP contribution in [0, 0.1) is 6.92 Å². The number of hydrogen-bond donors (Lipinski definition) is 1. The molecule has 0 aliphatic rings. The maximum absolute atomic E-state index is 12.9. The molecule has 102 valence electrons. The van der Waals surface area contributed by atoms with Gasteiger partial charge in [0, 0.05) is 17.6 Å². The zero-order chi connectivity index (χ0) is 14.2. The van der Waals surface area contributed by atoms with Crippen molar-refractivity contribution in [3.63, 3.8) is 0 Å². The molecule has 0 unspecified atom stereocenters. The summed E-state index contributed by atoms with van der Waals surface area (Å²) in [5.74, 6) is 0.631. The van der Waals surface area contributed by atoms with Crippen molar-refractivity contribution in [3.05, 3.63) is 29.6 Å². The largest absolute Gasteiger partial charge is 0.417 e. The molecule has 1 aromatic carbocycles. The average molecular weight is 288 g/mol. The van der Waals surface area contributed by atoms with Crippen LogP contribution in [0.15, 0.2) is 28.3 Å². The number of rotatable bonds is 2. The van der Waals surface area contributed by atoms with Crippen LogP contribution in [0.3, 0.4) is 0 Å². The Balaban J connectivity index is 2.43. The van der Waals surface area contributed by atoms with E-state index in [2.05, 4.69) is 10.2 Å². The highest BCUT2D eigenvalue weighted by molar-refractivity contribution is 7.99. The summed E-state index contributed by atoms with van der Waals surface area (Å²) in [5.41, 5.74) is 4.72. The lowest BCUT2D eigenvalue weighted by molar-refractivity contribution is -0.139. The third kappa shape index (κ3) is 2.83. The summed E-state index contributed by atoms with van der Waals surface area (Å²) in [6, 6.07) is 3.69. The molecule has 19 heavy (non-hydrogen) atoms. The van der Waals surface area contributed by atoms with E-state index in [0.29, 0.717) is 11.0 Å². The number of halogens is 3. The lowest BCUT2D eigenvalue weighted by Crippen LogP contribution is -2.08. The summed E-state index contributed by atoms with van der Waals surface area (Å²) in [4.78, 5) is 0.0530. The van der Waals surface area contributed by atoms with Crippen molar-refractivity contribution < 1.29 is 13.2 Å². The summed E-state index contributed by atoms with van der Waals surface area (Å²) < 4.78 is 40.4. The molecule has 0 saturated heterocycles. The average Bonchev–Trinajstić information content (AvgIpc) is 2.62. The Bertz CT molecular complexity index is 606. The SMILES string of the molecule is Cc1nnc(Sc2ccc(N)cc2C(F)(F)F)n1C. The first-order valence-corrected chi connectivity index (χ1v) is 6.11. The quantitative estimate of drug-likeness (QED) is 0.863. The Morgan fingerprint density at radius 1 is 1.26 bits per heavy atom. The lowest BCUT2D eigenvalue weighted by Gasteiger charge is -2.12. The predicted molar refractivity (Wildman–Crippen MR) is 65.7 cm³/mol. The minimum atomic E-state index is -4.45. The third-order valence-corrected chi connectivity index (χ3v) is 3.68. The zero-order valence-electron chi connectivity index (χ0n) is 10.2. The molecule has 1 aromatic heterocycles. The van der Waals surface area contributed by atoms with Crippen molar-refractivity contribution in [2.45, 2.75) is 23.2 Å². The van der Waals surface area contributed by atoms with Crippen molar-refractivity contribution in [1.82, 2.24) is 14.8 Å². The highest BCUT2D eigenvalue weighted by Gasteiger charge is 2.34. The van der Waals surface area contributed by atoms with Gasteiger partial charge >= 0.3 is 6.18 Å². The van der Waals surface area contributed by atoms with E-state index in [-0.39, 0.29) is 10.6 Å². The molecule has 0 aliphatic heterocycles. The number of nitrogen functional groups attached to an aromatic ring is 1. The first-order valence-electron chi connectivity index (χ1n) is 5.29. The van der Waals surface area contributed by atoms with Crippen LogP contribution in [0.2, 0.25) is 0 Å². The van der Waals surface area contributed by atoms with Crippen LogP contribution < -0.4 is 5.73 Å². The minimum Gasteiger partial charge on any atom is -0.399 e. The predicted octanol–water partition coefficient (Wildman–Crippen LogP) is 2.88. The van der Waals surface area contributed by atoms with E-state index in [9.17, 15) is 13.2 Å². The van der Waals surface area contributed by atoms with Gasteiger partial charge in [0.1, 0.15) is 5.82 Å². The molecule has 0 fully saturated rings. The molecule has 0 saturated carbocycles. The molecule has 0 amide bonds. The molecule has 8 heteroatoms. The van der Waals surface area contributed by atoms with E-state index >= 15 is 0 Å². The summed E-state index contributed by atoms with van der Waals surface area (Å²) in [5, 5.41) is 8.04. The Morgan fingerprint density at radius 3 is 2.47 bits per heavy atom. The number of aryl methyl sites for hydroxylation is 1. The van der Waals surface area contributed by atoms with Gasteiger partial charge < -0.3 is 10.3 Å². The van der Waals surface area contributed by atoms with Crippen LogP contribution in [0.25, 0.3) is 0 Å². The lowest BCUT2D eigenvalue weighted by atomic mass is 10.2. The first-order chi connectivity index (χ1) is 8.79. The molecule has 0 aliphatic carbocycles. The van der Waals surface area contributed by atoms with Gasteiger partial charge in [0.2, 0.25) is 0 Å². The second-order valence-electron chi connectivity index (χ2n) is 3.94. The number of nitrogens with two attached hydrogens (primary N) is 1. The molecule has 0 atom stereocenters. The van der Waals surface area contributed by atoms with Crippen molar-refractivity contribution in [1.29, 1.82) is 0 Å². The number of nitrogens with zero attached hydrogens (tertiary/aromatic N) is 3. The van der Waals surface area contributed by atoms with Crippen LogP contribution in [-0.2, 0) is 13.2 Å². The fraction of sp³-hybridized carbons (Fsp3) is 0.273. The van der Waals surface area contributed by atoms with Crippen molar-refractivity contribution >= 4 is 17.4 Å². The Hall–Kier alpha value is -1.70. The van der Waals surface area contributed by atoms with Crippen molar-refractivity contribution in [3.8, 4) is 0 Å². The van der Waals surface area contributed by atoms with Crippen LogP contribution in [-0.4, -0.2) is 14.8 Å². The molecular weight excluding hydrogens is 277 g/mol. The van der Waals surface area contributed by atoms with E-state index in [0.717, 1.165) is 17.8 Å². The molecule has 2 aromatic rings. The normalized spacial score (nSPS) is 11.8. The summed E-state index contributed by atoms with van der Waals surface area (Å²) in [7, 11) is 1.70. The van der Waals surface area contributed by atoms with Crippen LogP contribution in [0.1, 0.15) is 11.4 Å². The fourth-order valence-electron chi connectivity index (χ4n) is 1.43. The number of anilines is 1. The molecule has 2 N–H and O–H groups in total. The molecule has 0 bridgehead atoms. The standard InChI is InChI=1S/C11H11F3N4S/c1-6-16-17-10(18(6)2)19-9-4-3-7(15)5-8(9)11(12,13)14/h3-5H,15H2,1-2H3. The van der Waals surface area contributed by atoms with Gasteiger partial charge in [-0.2, -0.15) is 13.2 Å². The third-order valence-electron chi connectivity index (χ3n) is 2.56.